The fourth-order valence-corrected chi connectivity index (χ4v) is 5.64. The Morgan fingerprint density at radius 1 is 1.37 bits per heavy atom. The number of nitrogens with zero attached hydrogens (tertiary/aromatic N) is 2. The van der Waals surface area contributed by atoms with Gasteiger partial charge in [-0.2, -0.15) is 0 Å². The fraction of sp³-hybridized carbons (Fsp3) is 0.435. The van der Waals surface area contributed by atoms with Crippen LogP contribution in [0.1, 0.15) is 43.5 Å². The summed E-state index contributed by atoms with van der Waals surface area (Å²) in [6.07, 6.45) is 8.27. The lowest BCUT2D eigenvalue weighted by Gasteiger charge is -2.53. The van der Waals surface area contributed by atoms with Crippen LogP contribution in [0.15, 0.2) is 43.0 Å². The zero-order valence-electron chi connectivity index (χ0n) is 15.9. The van der Waals surface area contributed by atoms with Crippen molar-refractivity contribution in [3.63, 3.8) is 0 Å². The Hall–Kier alpha value is -2.33. The van der Waals surface area contributed by atoms with E-state index in [1.807, 2.05) is 0 Å². The van der Waals surface area contributed by atoms with Gasteiger partial charge in [0.05, 0.1) is 11.6 Å². The Morgan fingerprint density at radius 2 is 2.22 bits per heavy atom. The van der Waals surface area contributed by atoms with Crippen molar-refractivity contribution in [1.29, 1.82) is 0 Å². The van der Waals surface area contributed by atoms with Gasteiger partial charge in [0.1, 0.15) is 12.3 Å². The molecule has 0 bridgehead atoms. The minimum absolute atomic E-state index is 0.0142. The zero-order valence-corrected chi connectivity index (χ0v) is 15.9. The van der Waals surface area contributed by atoms with Crippen molar-refractivity contribution in [3.8, 4) is 0 Å². The number of esters is 1. The molecule has 0 amide bonds. The first-order valence-electron chi connectivity index (χ1n) is 10.1. The molecule has 4 heterocycles. The van der Waals surface area contributed by atoms with Crippen LogP contribution in [0.25, 0.3) is 16.6 Å². The number of piperidine rings is 1. The Bertz CT molecular complexity index is 970. The highest BCUT2D eigenvalue weighted by Crippen LogP contribution is 2.57. The standard InChI is InChI=1S/C23H26N2O2/c1-3-14-27-22(26)19-15-23(4-2)11-7-12-24-13-10-17-16-8-5-6-9-18(16)25(19)20(17)21(23)24/h3,5-6,8-9,15,21H,1,4,7,10-14H2,2H3/t21-,23+/m1/s1. The first kappa shape index (κ1) is 16.8. The number of ether oxygens (including phenoxy) is 1. The molecular formula is C23H26N2O2. The number of hydrogen-bond donors (Lipinski definition) is 0. The minimum atomic E-state index is -0.243. The van der Waals surface area contributed by atoms with Crippen LogP contribution in [-0.2, 0) is 16.0 Å². The smallest absolute Gasteiger partial charge is 0.355 e. The van der Waals surface area contributed by atoms with Gasteiger partial charge < -0.3 is 9.30 Å². The van der Waals surface area contributed by atoms with Gasteiger partial charge in [0, 0.05) is 23.0 Å². The number of para-hydroxylation sites is 1. The summed E-state index contributed by atoms with van der Waals surface area (Å²) in [5.41, 5.74) is 4.59. The van der Waals surface area contributed by atoms with E-state index in [9.17, 15) is 4.79 Å². The molecular weight excluding hydrogens is 336 g/mol. The van der Waals surface area contributed by atoms with Crippen LogP contribution < -0.4 is 0 Å². The van der Waals surface area contributed by atoms with Gasteiger partial charge in [0.25, 0.3) is 0 Å². The first-order chi connectivity index (χ1) is 13.2. The van der Waals surface area contributed by atoms with Crippen LogP contribution in [0, 0.1) is 5.41 Å². The summed E-state index contributed by atoms with van der Waals surface area (Å²) in [6, 6.07) is 8.86. The average Bonchev–Trinajstić information content (AvgIpc) is 3.05. The molecule has 0 saturated carbocycles. The highest BCUT2D eigenvalue weighted by Gasteiger charge is 2.51. The van der Waals surface area contributed by atoms with Gasteiger partial charge in [-0.05, 0) is 49.9 Å². The lowest BCUT2D eigenvalue weighted by atomic mass is 9.66. The lowest BCUT2D eigenvalue weighted by Crippen LogP contribution is -2.51. The SMILES string of the molecule is C=CCOC(=O)C1=C[C@]2(CC)CCCN3CCc4c(n1c1ccccc41)[C@@H]32. The van der Waals surface area contributed by atoms with Crippen LogP contribution in [0.4, 0.5) is 0 Å². The third kappa shape index (κ3) is 2.23. The van der Waals surface area contributed by atoms with Crippen molar-refractivity contribution in [1.82, 2.24) is 9.47 Å². The Kier molecular flexibility index (Phi) is 3.80. The molecule has 1 fully saturated rings. The summed E-state index contributed by atoms with van der Waals surface area (Å²) in [6.45, 7) is 8.44. The third-order valence-electron chi connectivity index (χ3n) is 6.79. The van der Waals surface area contributed by atoms with E-state index < -0.39 is 0 Å². The summed E-state index contributed by atoms with van der Waals surface area (Å²) in [4.78, 5) is 15.7. The molecule has 5 rings (SSSR count). The molecule has 1 saturated heterocycles. The van der Waals surface area contributed by atoms with Crippen molar-refractivity contribution in [3.05, 3.63) is 54.3 Å². The molecule has 4 nitrogen and oxygen atoms in total. The van der Waals surface area contributed by atoms with E-state index >= 15 is 0 Å². The average molecular weight is 362 g/mol. The summed E-state index contributed by atoms with van der Waals surface area (Å²) >= 11 is 0. The quantitative estimate of drug-likeness (QED) is 0.600. The van der Waals surface area contributed by atoms with E-state index in [0.717, 1.165) is 37.9 Å². The molecule has 0 N–H and O–H groups in total. The molecule has 4 heteroatoms. The second-order valence-electron chi connectivity index (χ2n) is 8.01. The molecule has 1 aromatic heterocycles. The van der Waals surface area contributed by atoms with Gasteiger partial charge in [-0.1, -0.05) is 37.8 Å². The largest absolute Gasteiger partial charge is 0.457 e. The van der Waals surface area contributed by atoms with Gasteiger partial charge in [0.15, 0.2) is 0 Å². The molecule has 2 aromatic rings. The van der Waals surface area contributed by atoms with Crippen LogP contribution in [0.5, 0.6) is 0 Å². The monoisotopic (exact) mass is 362 g/mol. The van der Waals surface area contributed by atoms with Crippen LogP contribution >= 0.6 is 0 Å². The van der Waals surface area contributed by atoms with Crippen molar-refractivity contribution < 1.29 is 9.53 Å². The maximum Gasteiger partial charge on any atom is 0.355 e. The number of carbonyl (C=O) groups is 1. The number of rotatable bonds is 4. The molecule has 140 valence electrons. The van der Waals surface area contributed by atoms with E-state index in [0.29, 0.717) is 11.7 Å². The predicted octanol–water partition coefficient (Wildman–Crippen LogP) is 4.31. The van der Waals surface area contributed by atoms with E-state index in [-0.39, 0.29) is 18.0 Å². The number of hydrogen-bond acceptors (Lipinski definition) is 3. The van der Waals surface area contributed by atoms with E-state index in [1.54, 1.807) is 6.08 Å². The van der Waals surface area contributed by atoms with Gasteiger partial charge >= 0.3 is 5.97 Å². The maximum atomic E-state index is 13.0. The molecule has 2 atom stereocenters. The molecule has 0 unspecified atom stereocenters. The van der Waals surface area contributed by atoms with Crippen LogP contribution in [-0.4, -0.2) is 35.1 Å². The number of fused-ring (bicyclic) bond motifs is 3. The van der Waals surface area contributed by atoms with Crippen molar-refractivity contribution in [2.75, 3.05) is 19.7 Å². The van der Waals surface area contributed by atoms with Gasteiger partial charge in [-0.15, -0.1) is 0 Å². The summed E-state index contributed by atoms with van der Waals surface area (Å²) in [5.74, 6) is -0.243. The third-order valence-corrected chi connectivity index (χ3v) is 6.79. The van der Waals surface area contributed by atoms with Crippen LogP contribution in [0.3, 0.4) is 0 Å². The lowest BCUT2D eigenvalue weighted by molar-refractivity contribution is -0.136. The minimum Gasteiger partial charge on any atom is -0.457 e. The number of aromatic nitrogens is 1. The predicted molar refractivity (Wildman–Crippen MR) is 107 cm³/mol. The summed E-state index contributed by atoms with van der Waals surface area (Å²) < 4.78 is 7.70. The molecule has 27 heavy (non-hydrogen) atoms. The van der Waals surface area contributed by atoms with Gasteiger partial charge in [0.2, 0.25) is 0 Å². The first-order valence-corrected chi connectivity index (χ1v) is 10.1. The van der Waals surface area contributed by atoms with E-state index in [4.69, 9.17) is 4.74 Å². The van der Waals surface area contributed by atoms with Gasteiger partial charge in [-0.25, -0.2) is 4.79 Å². The molecule has 3 aliphatic rings. The van der Waals surface area contributed by atoms with E-state index in [1.165, 1.54) is 23.1 Å². The van der Waals surface area contributed by atoms with Gasteiger partial charge in [-0.3, -0.25) is 4.90 Å². The van der Waals surface area contributed by atoms with E-state index in [2.05, 4.69) is 53.3 Å². The zero-order chi connectivity index (χ0) is 18.6. The summed E-state index contributed by atoms with van der Waals surface area (Å²) in [5, 5.41) is 1.28. The van der Waals surface area contributed by atoms with Crippen molar-refractivity contribution >= 4 is 22.6 Å². The molecule has 0 radical (unpaired) electrons. The van der Waals surface area contributed by atoms with Crippen LogP contribution in [0.2, 0.25) is 0 Å². The highest BCUT2D eigenvalue weighted by molar-refractivity contribution is 6.13. The molecule has 0 aliphatic carbocycles. The number of carbonyl (C=O) groups excluding carboxylic acids is 1. The Morgan fingerprint density at radius 3 is 3.04 bits per heavy atom. The second-order valence-corrected chi connectivity index (χ2v) is 8.01. The fourth-order valence-electron chi connectivity index (χ4n) is 5.64. The Balaban J connectivity index is 1.80. The number of benzene rings is 1. The highest BCUT2D eigenvalue weighted by atomic mass is 16.5. The second kappa shape index (κ2) is 6.10. The van der Waals surface area contributed by atoms with Crippen molar-refractivity contribution in [2.24, 2.45) is 5.41 Å². The normalized spacial score (nSPS) is 26.4. The molecule has 1 aromatic carbocycles. The Labute approximate surface area is 160 Å². The maximum absolute atomic E-state index is 13.0. The topological polar surface area (TPSA) is 34.5 Å². The molecule has 0 spiro atoms. The van der Waals surface area contributed by atoms with Crippen molar-refractivity contribution in [2.45, 2.75) is 38.6 Å². The molecule has 3 aliphatic heterocycles. The summed E-state index contributed by atoms with van der Waals surface area (Å²) in [7, 11) is 0.